The third-order valence-electron chi connectivity index (χ3n) is 6.57. The Morgan fingerprint density at radius 1 is 1.03 bits per heavy atom. The highest BCUT2D eigenvalue weighted by Crippen LogP contribution is 2.27. The first kappa shape index (κ1) is 24.6. The number of amides is 2. The third-order valence-corrected chi connectivity index (χ3v) is 7.63. The Morgan fingerprint density at radius 2 is 1.79 bits per heavy atom. The topological polar surface area (TPSA) is 67.9 Å². The van der Waals surface area contributed by atoms with Crippen LogP contribution in [0.2, 0.25) is 0 Å². The fourth-order valence-corrected chi connectivity index (χ4v) is 5.46. The minimum absolute atomic E-state index is 0.116. The number of carbonyl (C=O) groups is 2. The van der Waals surface area contributed by atoms with Gasteiger partial charge in [-0.1, -0.05) is 31.4 Å². The number of nitrogens with zero attached hydrogens (tertiary/aromatic N) is 1. The number of nitrogens with one attached hydrogen (secondary N) is 1. The van der Waals surface area contributed by atoms with E-state index in [-0.39, 0.29) is 17.9 Å². The SMILES string of the molecule is CN(C(=O)CSc1ccccc1C(=O)Nc1ccc(OCC2CCCO2)cc1)C1CCCCC1. The molecule has 2 aromatic carbocycles. The van der Waals surface area contributed by atoms with Crippen LogP contribution in [0.15, 0.2) is 53.4 Å². The van der Waals surface area contributed by atoms with Gasteiger partial charge in [-0.2, -0.15) is 0 Å². The maximum Gasteiger partial charge on any atom is 0.256 e. The van der Waals surface area contributed by atoms with Crippen molar-refractivity contribution in [3.8, 4) is 5.75 Å². The molecule has 1 aliphatic heterocycles. The van der Waals surface area contributed by atoms with Crippen LogP contribution in [0.25, 0.3) is 0 Å². The lowest BCUT2D eigenvalue weighted by molar-refractivity contribution is -0.129. The van der Waals surface area contributed by atoms with Gasteiger partial charge in [0.05, 0.1) is 17.4 Å². The Morgan fingerprint density at radius 3 is 2.53 bits per heavy atom. The lowest BCUT2D eigenvalue weighted by Crippen LogP contribution is -2.39. The van der Waals surface area contributed by atoms with Crippen molar-refractivity contribution in [2.45, 2.75) is 62.0 Å². The van der Waals surface area contributed by atoms with Crippen molar-refractivity contribution < 1.29 is 19.1 Å². The number of carbonyl (C=O) groups excluding carboxylic acids is 2. The summed E-state index contributed by atoms with van der Waals surface area (Å²) in [5.41, 5.74) is 1.27. The van der Waals surface area contributed by atoms with Crippen molar-refractivity contribution in [2.24, 2.45) is 0 Å². The maximum absolute atomic E-state index is 13.0. The van der Waals surface area contributed by atoms with Gasteiger partial charge >= 0.3 is 0 Å². The van der Waals surface area contributed by atoms with Crippen LogP contribution in [-0.2, 0) is 9.53 Å². The van der Waals surface area contributed by atoms with Gasteiger partial charge in [0.2, 0.25) is 5.91 Å². The molecule has 6 nitrogen and oxygen atoms in total. The van der Waals surface area contributed by atoms with Gasteiger partial charge in [0.25, 0.3) is 5.91 Å². The molecular formula is C27H34N2O4S. The summed E-state index contributed by atoms with van der Waals surface area (Å²) < 4.78 is 11.4. The highest BCUT2D eigenvalue weighted by Gasteiger charge is 2.22. The average Bonchev–Trinajstić information content (AvgIpc) is 3.41. The van der Waals surface area contributed by atoms with Crippen molar-refractivity contribution >= 4 is 29.3 Å². The summed E-state index contributed by atoms with van der Waals surface area (Å²) in [5, 5.41) is 2.96. The number of anilines is 1. The molecule has 1 heterocycles. The van der Waals surface area contributed by atoms with E-state index >= 15 is 0 Å². The molecule has 0 bridgehead atoms. The summed E-state index contributed by atoms with van der Waals surface area (Å²) in [6, 6.07) is 15.2. The summed E-state index contributed by atoms with van der Waals surface area (Å²) in [6.45, 7) is 1.36. The number of hydrogen-bond donors (Lipinski definition) is 1. The van der Waals surface area contributed by atoms with Crippen LogP contribution in [0.1, 0.15) is 55.3 Å². The molecule has 0 aromatic heterocycles. The average molecular weight is 483 g/mol. The van der Waals surface area contributed by atoms with Gasteiger partial charge in [-0.3, -0.25) is 9.59 Å². The van der Waals surface area contributed by atoms with Crippen LogP contribution >= 0.6 is 11.8 Å². The van der Waals surface area contributed by atoms with Gasteiger partial charge in [0.1, 0.15) is 12.4 Å². The largest absolute Gasteiger partial charge is 0.491 e. The molecule has 2 aromatic rings. The van der Waals surface area contributed by atoms with Crippen molar-refractivity contribution in [1.82, 2.24) is 4.90 Å². The minimum Gasteiger partial charge on any atom is -0.491 e. The summed E-state index contributed by atoms with van der Waals surface area (Å²) in [7, 11) is 1.91. The van der Waals surface area contributed by atoms with E-state index in [9.17, 15) is 9.59 Å². The second-order valence-electron chi connectivity index (χ2n) is 9.01. The molecule has 0 radical (unpaired) electrons. The second kappa shape index (κ2) is 12.3. The van der Waals surface area contributed by atoms with Gasteiger partial charge in [0.15, 0.2) is 0 Å². The Balaban J connectivity index is 1.30. The predicted octanol–water partition coefficient (Wildman–Crippen LogP) is 5.38. The van der Waals surface area contributed by atoms with Gasteiger partial charge in [-0.15, -0.1) is 11.8 Å². The Bertz CT molecular complexity index is 953. The molecule has 1 saturated heterocycles. The van der Waals surface area contributed by atoms with Gasteiger partial charge in [0, 0.05) is 30.3 Å². The van der Waals surface area contributed by atoms with E-state index in [0.717, 1.165) is 42.9 Å². The number of hydrogen-bond acceptors (Lipinski definition) is 5. The molecule has 1 N–H and O–H groups in total. The minimum atomic E-state index is -0.191. The summed E-state index contributed by atoms with van der Waals surface area (Å²) in [5.74, 6) is 1.01. The number of rotatable bonds is 9. The fraction of sp³-hybridized carbons (Fsp3) is 0.481. The molecule has 1 atom stereocenters. The lowest BCUT2D eigenvalue weighted by atomic mass is 9.94. The van der Waals surface area contributed by atoms with Crippen molar-refractivity contribution in [3.63, 3.8) is 0 Å². The highest BCUT2D eigenvalue weighted by atomic mass is 32.2. The molecule has 2 amide bonds. The van der Waals surface area contributed by atoms with E-state index in [1.807, 2.05) is 54.4 Å². The van der Waals surface area contributed by atoms with Crippen LogP contribution in [0.3, 0.4) is 0 Å². The maximum atomic E-state index is 13.0. The van der Waals surface area contributed by atoms with E-state index in [4.69, 9.17) is 9.47 Å². The van der Waals surface area contributed by atoms with Crippen molar-refractivity contribution in [3.05, 3.63) is 54.1 Å². The van der Waals surface area contributed by atoms with Crippen molar-refractivity contribution in [2.75, 3.05) is 31.3 Å². The zero-order chi connectivity index (χ0) is 23.8. The normalized spacial score (nSPS) is 18.4. The Hall–Kier alpha value is -2.51. The molecule has 1 unspecified atom stereocenters. The van der Waals surface area contributed by atoms with Gasteiger partial charge < -0.3 is 19.7 Å². The molecule has 1 aliphatic carbocycles. The molecule has 34 heavy (non-hydrogen) atoms. The highest BCUT2D eigenvalue weighted by molar-refractivity contribution is 8.00. The summed E-state index contributed by atoms with van der Waals surface area (Å²) >= 11 is 1.42. The van der Waals surface area contributed by atoms with Gasteiger partial charge in [-0.25, -0.2) is 0 Å². The molecule has 4 rings (SSSR count). The molecule has 1 saturated carbocycles. The predicted molar refractivity (Wildman–Crippen MR) is 136 cm³/mol. The third kappa shape index (κ3) is 6.76. The standard InChI is InChI=1S/C27H34N2O4S/c1-29(21-8-3-2-4-9-21)26(30)19-34-25-12-6-5-11-24(25)27(31)28-20-13-15-22(16-14-20)33-18-23-10-7-17-32-23/h5-6,11-16,21,23H,2-4,7-10,17-19H2,1H3,(H,28,31). The molecule has 2 fully saturated rings. The first-order valence-corrected chi connectivity index (χ1v) is 13.2. The Labute approximate surface area is 206 Å². The molecule has 0 spiro atoms. The molecule has 7 heteroatoms. The van der Waals surface area contributed by atoms with Crippen LogP contribution < -0.4 is 10.1 Å². The molecule has 182 valence electrons. The fourth-order valence-electron chi connectivity index (χ4n) is 4.49. The number of thioether (sulfide) groups is 1. The monoisotopic (exact) mass is 482 g/mol. The quantitative estimate of drug-likeness (QED) is 0.486. The van der Waals surface area contributed by atoms with Crippen LogP contribution in [0.4, 0.5) is 5.69 Å². The van der Waals surface area contributed by atoms with E-state index in [0.29, 0.717) is 29.7 Å². The first-order chi connectivity index (χ1) is 16.6. The molecular weight excluding hydrogens is 448 g/mol. The van der Waals surface area contributed by atoms with E-state index in [2.05, 4.69) is 5.32 Å². The lowest BCUT2D eigenvalue weighted by Gasteiger charge is -2.31. The Kier molecular flexibility index (Phi) is 8.88. The summed E-state index contributed by atoms with van der Waals surface area (Å²) in [6.07, 6.45) is 8.12. The molecule has 2 aliphatic rings. The van der Waals surface area contributed by atoms with E-state index < -0.39 is 0 Å². The first-order valence-electron chi connectivity index (χ1n) is 12.2. The van der Waals surface area contributed by atoms with E-state index in [1.165, 1.54) is 31.0 Å². The zero-order valence-corrected chi connectivity index (χ0v) is 20.6. The number of ether oxygens (including phenoxy) is 2. The smallest absolute Gasteiger partial charge is 0.256 e. The summed E-state index contributed by atoms with van der Waals surface area (Å²) in [4.78, 5) is 28.4. The van der Waals surface area contributed by atoms with Crippen LogP contribution in [0.5, 0.6) is 5.75 Å². The second-order valence-corrected chi connectivity index (χ2v) is 10.0. The van der Waals surface area contributed by atoms with E-state index in [1.54, 1.807) is 6.07 Å². The van der Waals surface area contributed by atoms with Crippen LogP contribution in [0, 0.1) is 0 Å². The van der Waals surface area contributed by atoms with Gasteiger partial charge in [-0.05, 0) is 62.1 Å². The van der Waals surface area contributed by atoms with Crippen molar-refractivity contribution in [1.29, 1.82) is 0 Å². The zero-order valence-electron chi connectivity index (χ0n) is 19.8. The van der Waals surface area contributed by atoms with Crippen LogP contribution in [-0.4, -0.2) is 54.9 Å². The number of benzene rings is 2.